The average Bonchev–Trinajstić information content (AvgIpc) is 3.18. The summed E-state index contributed by atoms with van der Waals surface area (Å²) in [6.07, 6.45) is 2.86. The minimum Gasteiger partial charge on any atom is -0.454 e. The van der Waals surface area contributed by atoms with E-state index in [4.69, 9.17) is 14.5 Å². The molecule has 28 heavy (non-hydrogen) atoms. The summed E-state index contributed by atoms with van der Waals surface area (Å²) in [5, 5.41) is 3.26. The lowest BCUT2D eigenvalue weighted by atomic mass is 10.1. The van der Waals surface area contributed by atoms with Crippen molar-refractivity contribution in [2.45, 2.75) is 19.5 Å². The Morgan fingerprint density at radius 3 is 2.82 bits per heavy atom. The molecule has 1 N–H and O–H groups in total. The maximum atomic E-state index is 5.42. The summed E-state index contributed by atoms with van der Waals surface area (Å²) in [4.78, 5) is 11.7. The van der Waals surface area contributed by atoms with Gasteiger partial charge in [0.15, 0.2) is 11.5 Å². The molecule has 0 radical (unpaired) electrons. The number of nitrogens with one attached hydrogen (secondary N) is 1. The van der Waals surface area contributed by atoms with E-state index in [1.165, 1.54) is 11.1 Å². The normalized spacial score (nSPS) is 15.3. The molecule has 2 aliphatic heterocycles. The maximum absolute atomic E-state index is 5.42. The van der Waals surface area contributed by atoms with Gasteiger partial charge < -0.3 is 14.8 Å². The van der Waals surface area contributed by atoms with Gasteiger partial charge in [-0.1, -0.05) is 28.1 Å². The Morgan fingerprint density at radius 2 is 1.93 bits per heavy atom. The van der Waals surface area contributed by atoms with Crippen LogP contribution in [0.15, 0.2) is 53.1 Å². The van der Waals surface area contributed by atoms with Gasteiger partial charge in [-0.15, -0.1) is 0 Å². The van der Waals surface area contributed by atoms with Gasteiger partial charge in [0, 0.05) is 54.0 Å². The van der Waals surface area contributed by atoms with Crippen molar-refractivity contribution in [3.63, 3.8) is 0 Å². The van der Waals surface area contributed by atoms with Crippen LogP contribution in [0.25, 0.3) is 0 Å². The van der Waals surface area contributed by atoms with Crippen molar-refractivity contribution in [3.8, 4) is 11.5 Å². The molecule has 5 rings (SSSR count). The van der Waals surface area contributed by atoms with E-state index in [0.29, 0.717) is 5.95 Å². The second-order valence-corrected chi connectivity index (χ2v) is 7.86. The number of benzene rings is 2. The molecule has 142 valence electrons. The molecule has 3 heterocycles. The van der Waals surface area contributed by atoms with E-state index in [1.54, 1.807) is 0 Å². The lowest BCUT2D eigenvalue weighted by Gasteiger charge is -2.28. The van der Waals surface area contributed by atoms with Crippen LogP contribution < -0.4 is 14.8 Å². The van der Waals surface area contributed by atoms with E-state index in [9.17, 15) is 0 Å². The zero-order valence-electron chi connectivity index (χ0n) is 15.2. The number of anilines is 2. The maximum Gasteiger partial charge on any atom is 0.231 e. The van der Waals surface area contributed by atoms with Gasteiger partial charge in [-0.3, -0.25) is 4.90 Å². The Hall–Kier alpha value is -2.64. The fourth-order valence-corrected chi connectivity index (χ4v) is 3.79. The molecule has 0 spiro atoms. The second-order valence-electron chi connectivity index (χ2n) is 6.95. The van der Waals surface area contributed by atoms with Gasteiger partial charge in [0.2, 0.25) is 12.7 Å². The minimum absolute atomic E-state index is 0.269. The van der Waals surface area contributed by atoms with E-state index < -0.39 is 0 Å². The Morgan fingerprint density at radius 1 is 1.07 bits per heavy atom. The van der Waals surface area contributed by atoms with Crippen LogP contribution in [-0.4, -0.2) is 28.2 Å². The Bertz CT molecular complexity index is 1010. The number of hydrogen-bond donors (Lipinski definition) is 1. The molecule has 7 heteroatoms. The fraction of sp³-hybridized carbons (Fsp3) is 0.238. The highest BCUT2D eigenvalue weighted by atomic mass is 79.9. The van der Waals surface area contributed by atoms with Crippen molar-refractivity contribution in [1.82, 2.24) is 14.9 Å². The first kappa shape index (κ1) is 17.5. The van der Waals surface area contributed by atoms with Crippen LogP contribution in [0.5, 0.6) is 11.5 Å². The Kier molecular flexibility index (Phi) is 4.62. The number of rotatable bonds is 4. The molecule has 6 nitrogen and oxygen atoms in total. The summed E-state index contributed by atoms with van der Waals surface area (Å²) in [5.41, 5.74) is 4.51. The zero-order chi connectivity index (χ0) is 18.9. The van der Waals surface area contributed by atoms with E-state index in [-0.39, 0.29) is 6.79 Å². The van der Waals surface area contributed by atoms with Gasteiger partial charge >= 0.3 is 0 Å². The summed E-state index contributed by atoms with van der Waals surface area (Å²) in [7, 11) is 0. The van der Waals surface area contributed by atoms with Crippen LogP contribution in [0.4, 0.5) is 11.6 Å². The fourth-order valence-electron chi connectivity index (χ4n) is 3.52. The molecule has 0 bridgehead atoms. The summed E-state index contributed by atoms with van der Waals surface area (Å²) >= 11 is 3.49. The lowest BCUT2D eigenvalue weighted by Crippen LogP contribution is -2.31. The highest BCUT2D eigenvalue weighted by molar-refractivity contribution is 9.10. The standard InChI is InChI=1S/C21H19BrN4O2/c22-16-3-1-14(2-4-16)11-26-8-7-18-15(12-26)10-23-21(25-18)24-17-5-6-19-20(9-17)28-13-27-19/h1-6,9-10H,7-8,11-13H2,(H,23,24,25). The van der Waals surface area contributed by atoms with Gasteiger partial charge in [-0.2, -0.15) is 0 Å². The molecule has 2 aromatic carbocycles. The number of halogens is 1. The number of fused-ring (bicyclic) bond motifs is 2. The molecule has 0 aliphatic carbocycles. The molecular formula is C21H19BrN4O2. The van der Waals surface area contributed by atoms with Crippen molar-refractivity contribution < 1.29 is 9.47 Å². The SMILES string of the molecule is Brc1ccc(CN2CCc3nc(Nc4ccc5c(c4)OCO5)ncc3C2)cc1. The molecule has 1 aromatic heterocycles. The molecule has 0 amide bonds. The van der Waals surface area contributed by atoms with E-state index >= 15 is 0 Å². The summed E-state index contributed by atoms with van der Waals surface area (Å²) in [5.74, 6) is 2.12. The number of nitrogens with zero attached hydrogens (tertiary/aromatic N) is 3. The van der Waals surface area contributed by atoms with Gasteiger partial charge in [-0.05, 0) is 29.8 Å². The van der Waals surface area contributed by atoms with E-state index in [0.717, 1.165) is 53.4 Å². The first-order chi connectivity index (χ1) is 13.7. The van der Waals surface area contributed by atoms with Crippen molar-refractivity contribution >= 4 is 27.6 Å². The van der Waals surface area contributed by atoms with Crippen LogP contribution in [0, 0.1) is 0 Å². The van der Waals surface area contributed by atoms with Crippen LogP contribution in [0.1, 0.15) is 16.8 Å². The van der Waals surface area contributed by atoms with E-state index in [1.807, 2.05) is 24.4 Å². The first-order valence-electron chi connectivity index (χ1n) is 9.21. The Balaban J connectivity index is 1.27. The van der Waals surface area contributed by atoms with Gasteiger partial charge in [-0.25, -0.2) is 9.97 Å². The minimum atomic E-state index is 0.269. The van der Waals surface area contributed by atoms with Crippen molar-refractivity contribution in [3.05, 3.63) is 70.0 Å². The highest BCUT2D eigenvalue weighted by Crippen LogP contribution is 2.34. The smallest absolute Gasteiger partial charge is 0.231 e. The summed E-state index contributed by atoms with van der Waals surface area (Å²) in [6, 6.07) is 14.2. The largest absolute Gasteiger partial charge is 0.454 e. The third-order valence-electron chi connectivity index (χ3n) is 4.96. The third kappa shape index (κ3) is 3.68. The number of aromatic nitrogens is 2. The third-order valence-corrected chi connectivity index (χ3v) is 5.49. The monoisotopic (exact) mass is 438 g/mol. The Labute approximate surface area is 171 Å². The predicted octanol–water partition coefficient (Wildman–Crippen LogP) is 4.27. The highest BCUT2D eigenvalue weighted by Gasteiger charge is 2.19. The first-order valence-corrected chi connectivity index (χ1v) is 10.0. The molecule has 3 aromatic rings. The summed E-state index contributed by atoms with van der Waals surface area (Å²) in [6.45, 7) is 3.06. The van der Waals surface area contributed by atoms with Crippen LogP contribution in [-0.2, 0) is 19.5 Å². The van der Waals surface area contributed by atoms with Gasteiger partial charge in [0.25, 0.3) is 0 Å². The molecule has 0 atom stereocenters. The number of hydrogen-bond acceptors (Lipinski definition) is 6. The molecular weight excluding hydrogens is 420 g/mol. The van der Waals surface area contributed by atoms with E-state index in [2.05, 4.69) is 55.4 Å². The molecule has 0 saturated heterocycles. The van der Waals surface area contributed by atoms with Gasteiger partial charge in [0.1, 0.15) is 0 Å². The zero-order valence-corrected chi connectivity index (χ0v) is 16.8. The average molecular weight is 439 g/mol. The van der Waals surface area contributed by atoms with Crippen molar-refractivity contribution in [2.75, 3.05) is 18.7 Å². The topological polar surface area (TPSA) is 59.5 Å². The van der Waals surface area contributed by atoms with Crippen molar-refractivity contribution in [2.24, 2.45) is 0 Å². The quantitative estimate of drug-likeness (QED) is 0.656. The number of ether oxygens (including phenoxy) is 2. The van der Waals surface area contributed by atoms with Gasteiger partial charge in [0.05, 0.1) is 5.69 Å². The van der Waals surface area contributed by atoms with Crippen LogP contribution in [0.2, 0.25) is 0 Å². The molecule has 0 fully saturated rings. The van der Waals surface area contributed by atoms with Crippen molar-refractivity contribution in [1.29, 1.82) is 0 Å². The predicted molar refractivity (Wildman–Crippen MR) is 110 cm³/mol. The van der Waals surface area contributed by atoms with Crippen LogP contribution in [0.3, 0.4) is 0 Å². The lowest BCUT2D eigenvalue weighted by molar-refractivity contribution is 0.174. The summed E-state index contributed by atoms with van der Waals surface area (Å²) < 4.78 is 11.9. The van der Waals surface area contributed by atoms with Crippen LogP contribution >= 0.6 is 15.9 Å². The molecule has 0 unspecified atom stereocenters. The molecule has 0 saturated carbocycles. The second kappa shape index (κ2) is 7.41. The molecule has 2 aliphatic rings.